The van der Waals surface area contributed by atoms with Crippen molar-refractivity contribution in [2.75, 3.05) is 20.5 Å². The summed E-state index contributed by atoms with van der Waals surface area (Å²) in [5.41, 5.74) is 3.81. The zero-order valence-electron chi connectivity index (χ0n) is 41.5. The van der Waals surface area contributed by atoms with E-state index in [1.54, 1.807) is 102 Å². The number of methoxy groups -OCH3 is 1. The van der Waals surface area contributed by atoms with Crippen LogP contribution in [0.1, 0.15) is 108 Å². The Hall–Kier alpha value is -7.14. The van der Waals surface area contributed by atoms with Gasteiger partial charge >= 0.3 is 18.2 Å². The van der Waals surface area contributed by atoms with E-state index in [1.165, 1.54) is 7.11 Å². The van der Waals surface area contributed by atoms with Crippen LogP contribution in [0.2, 0.25) is 0 Å². The average molecular weight is 976 g/mol. The molecule has 4 aromatic carbocycles. The van der Waals surface area contributed by atoms with Crippen molar-refractivity contribution in [1.82, 2.24) is 20.9 Å². The molecular formula is C54H65N5O12. The Balaban J connectivity index is 1.37. The fraction of sp³-hybridized carbons (Fsp3) is 0.444. The van der Waals surface area contributed by atoms with E-state index in [4.69, 9.17) is 18.9 Å². The molecule has 0 heterocycles. The van der Waals surface area contributed by atoms with Crippen LogP contribution in [-0.2, 0) is 38.1 Å². The summed E-state index contributed by atoms with van der Waals surface area (Å²) in [6.07, 6.45) is -2.02. The molecule has 1 fully saturated rings. The second kappa shape index (κ2) is 23.6. The highest BCUT2D eigenvalue weighted by molar-refractivity contribution is 5.99. The van der Waals surface area contributed by atoms with Crippen LogP contribution in [0.25, 0.3) is 11.1 Å². The molecule has 0 saturated heterocycles. The maximum atomic E-state index is 15.3. The summed E-state index contributed by atoms with van der Waals surface area (Å²) in [6.45, 7) is 11.2. The molecule has 378 valence electrons. The van der Waals surface area contributed by atoms with Crippen molar-refractivity contribution in [1.29, 1.82) is 0 Å². The van der Waals surface area contributed by atoms with Crippen molar-refractivity contribution in [3.63, 3.8) is 0 Å². The van der Waals surface area contributed by atoms with Gasteiger partial charge in [0.25, 0.3) is 0 Å². The van der Waals surface area contributed by atoms with Crippen molar-refractivity contribution >= 4 is 35.9 Å². The molecule has 0 bridgehead atoms. The molecule has 4 aromatic rings. The summed E-state index contributed by atoms with van der Waals surface area (Å²) < 4.78 is 22.0. The van der Waals surface area contributed by atoms with Gasteiger partial charge in [-0.1, -0.05) is 143 Å². The van der Waals surface area contributed by atoms with Crippen LogP contribution in [0.5, 0.6) is 0 Å². The van der Waals surface area contributed by atoms with Crippen molar-refractivity contribution in [3.8, 4) is 11.1 Å². The molecule has 71 heavy (non-hydrogen) atoms. The third-order valence-electron chi connectivity index (χ3n) is 13.3. The predicted octanol–water partition coefficient (Wildman–Crippen LogP) is 7.85. The Morgan fingerprint density at radius 2 is 1.24 bits per heavy atom. The summed E-state index contributed by atoms with van der Waals surface area (Å²) in [7, 11) is 1.35. The van der Waals surface area contributed by atoms with Crippen LogP contribution in [0, 0.1) is 22.0 Å². The third kappa shape index (κ3) is 13.2. The second-order valence-electron chi connectivity index (χ2n) is 19.4. The molecule has 0 radical (unpaired) electrons. The maximum Gasteiger partial charge on any atom is 0.420 e. The van der Waals surface area contributed by atoms with E-state index in [0.29, 0.717) is 22.4 Å². The topological polar surface area (TPSA) is 222 Å². The lowest BCUT2D eigenvalue weighted by Crippen LogP contribution is -2.61. The largest absolute Gasteiger partial charge is 0.448 e. The number of ether oxygens (including phenoxy) is 4. The molecule has 0 unspecified atom stereocenters. The average Bonchev–Trinajstić information content (AvgIpc) is 4.07. The highest BCUT2D eigenvalue weighted by Crippen LogP contribution is 2.45. The quantitative estimate of drug-likeness (QED) is 0.0239. The number of esters is 1. The molecule has 9 atom stereocenters. The summed E-state index contributed by atoms with van der Waals surface area (Å²) >= 11 is 0. The number of nitrogens with zero attached hydrogens (tertiary/aromatic N) is 2. The van der Waals surface area contributed by atoms with Crippen LogP contribution in [0.3, 0.4) is 0 Å². The van der Waals surface area contributed by atoms with Gasteiger partial charge in [-0.15, -0.1) is 0 Å². The van der Waals surface area contributed by atoms with Gasteiger partial charge in [0.15, 0.2) is 6.79 Å². The van der Waals surface area contributed by atoms with E-state index >= 15 is 4.79 Å². The van der Waals surface area contributed by atoms with Crippen LogP contribution in [0.4, 0.5) is 9.59 Å². The lowest BCUT2D eigenvalue weighted by molar-refractivity contribution is -0.498. The number of amides is 5. The molecule has 2 aliphatic rings. The molecule has 5 amide bonds. The van der Waals surface area contributed by atoms with Crippen LogP contribution in [0.15, 0.2) is 109 Å². The Morgan fingerprint density at radius 3 is 1.76 bits per heavy atom. The van der Waals surface area contributed by atoms with Crippen molar-refractivity contribution in [2.45, 2.75) is 121 Å². The molecule has 0 aromatic heterocycles. The van der Waals surface area contributed by atoms with Gasteiger partial charge < -0.3 is 34.9 Å². The number of nitro groups is 1. The van der Waals surface area contributed by atoms with E-state index in [2.05, 4.69) is 16.0 Å². The number of fused-ring (bicyclic) bond motifs is 3. The second-order valence-corrected chi connectivity index (χ2v) is 19.4. The SMILES string of the molecule is CC[C@H](C)[C@H](NC(=O)[C@H](NC(=O)[C@@H](C[C@@H]1C[C@H]1[N+](=O)[O-])NC(=O)[C@H]([C@H](C)c1ccccc1)N(C(=O)OCC1c2ccccc2-c2ccccc21)C(=O)OC(C)(C)C)[C@H](C)c1ccccc1)C(=O)OCOC. The summed E-state index contributed by atoms with van der Waals surface area (Å²) in [4.78, 5) is 99.2. The maximum absolute atomic E-state index is 15.3. The van der Waals surface area contributed by atoms with Gasteiger partial charge in [-0.05, 0) is 66.5 Å². The first-order valence-electron chi connectivity index (χ1n) is 24.0. The Kier molecular flexibility index (Phi) is 17.7. The normalized spacial score (nSPS) is 17.8. The fourth-order valence-electron chi connectivity index (χ4n) is 9.06. The lowest BCUT2D eigenvalue weighted by Gasteiger charge is -2.35. The van der Waals surface area contributed by atoms with Gasteiger partial charge in [0.2, 0.25) is 23.8 Å². The van der Waals surface area contributed by atoms with Gasteiger partial charge in [0.05, 0.1) is 0 Å². The molecule has 3 N–H and O–H groups in total. The molecule has 1 saturated carbocycles. The van der Waals surface area contributed by atoms with Crippen LogP contribution >= 0.6 is 0 Å². The Labute approximate surface area is 414 Å². The minimum absolute atomic E-state index is 0.116. The first-order chi connectivity index (χ1) is 33.8. The molecule has 2 aliphatic carbocycles. The monoisotopic (exact) mass is 975 g/mol. The van der Waals surface area contributed by atoms with Gasteiger partial charge in [-0.3, -0.25) is 24.5 Å². The highest BCUT2D eigenvalue weighted by atomic mass is 16.7. The first-order valence-corrected chi connectivity index (χ1v) is 24.0. The molecule has 0 spiro atoms. The molecule has 6 rings (SSSR count). The predicted molar refractivity (Wildman–Crippen MR) is 263 cm³/mol. The number of nitrogens with one attached hydrogen (secondary N) is 3. The van der Waals surface area contributed by atoms with Crippen molar-refractivity contribution in [3.05, 3.63) is 142 Å². The van der Waals surface area contributed by atoms with Crippen LogP contribution in [-0.4, -0.2) is 102 Å². The standard InChI is InChI=1S/C54H65N5O12/c1-9-32(2)45(51(63)70-31-68-8)56-49(61)46(33(3)35-20-12-10-13-21-35)57-48(60)43(28-37-29-44(37)59(66)67)55-50(62)47(34(4)36-22-14-11-15-23-36)58(53(65)71-54(5,6)7)52(64)69-30-42-40-26-18-16-24-38(40)39-25-17-19-27-41(39)42/h10-27,32-34,37,42-47H,9,28-31H2,1-8H3,(H,55,62)(H,56,61)(H,57,60)/t32-,33+,34+,37+,43+,44+,45-,46+,47-/m0/s1. The number of hydrogen-bond acceptors (Lipinski definition) is 12. The molecule has 17 heteroatoms. The lowest BCUT2D eigenvalue weighted by atomic mass is 9.90. The van der Waals surface area contributed by atoms with E-state index < -0.39 is 106 Å². The van der Waals surface area contributed by atoms with E-state index in [0.717, 1.165) is 22.3 Å². The third-order valence-corrected chi connectivity index (χ3v) is 13.3. The zero-order valence-corrected chi connectivity index (χ0v) is 41.5. The Bertz CT molecular complexity index is 2490. The number of rotatable bonds is 21. The van der Waals surface area contributed by atoms with E-state index in [-0.39, 0.29) is 26.2 Å². The van der Waals surface area contributed by atoms with Gasteiger partial charge in [0.1, 0.15) is 36.4 Å². The molecular weight excluding hydrogens is 911 g/mol. The van der Waals surface area contributed by atoms with Crippen molar-refractivity contribution < 1.29 is 52.6 Å². The summed E-state index contributed by atoms with van der Waals surface area (Å²) in [6, 6.07) is 26.2. The van der Waals surface area contributed by atoms with Gasteiger partial charge in [0, 0.05) is 42.1 Å². The van der Waals surface area contributed by atoms with E-state index in [9.17, 15) is 34.1 Å². The molecule has 17 nitrogen and oxygen atoms in total. The number of carbonyl (C=O) groups is 6. The van der Waals surface area contributed by atoms with Gasteiger partial charge in [-0.25, -0.2) is 14.4 Å². The minimum atomic E-state index is -1.72. The van der Waals surface area contributed by atoms with Crippen LogP contribution < -0.4 is 16.0 Å². The fourth-order valence-corrected chi connectivity index (χ4v) is 9.06. The summed E-state index contributed by atoms with van der Waals surface area (Å²) in [5.74, 6) is -6.49. The Morgan fingerprint density at radius 1 is 0.704 bits per heavy atom. The summed E-state index contributed by atoms with van der Waals surface area (Å²) in [5, 5.41) is 20.3. The van der Waals surface area contributed by atoms with E-state index in [1.807, 2.05) is 55.5 Å². The smallest absolute Gasteiger partial charge is 0.420 e. The molecule has 0 aliphatic heterocycles. The first kappa shape index (κ1) is 53.2. The zero-order chi connectivity index (χ0) is 51.6. The number of benzene rings is 4. The van der Waals surface area contributed by atoms with Crippen molar-refractivity contribution in [2.24, 2.45) is 11.8 Å². The number of hydrogen-bond donors (Lipinski definition) is 3. The minimum Gasteiger partial charge on any atom is -0.448 e. The van der Waals surface area contributed by atoms with Gasteiger partial charge in [-0.2, -0.15) is 4.90 Å². The highest BCUT2D eigenvalue weighted by Gasteiger charge is 2.51. The number of imide groups is 1. The number of carbonyl (C=O) groups excluding carboxylic acids is 6.